The fourth-order valence-electron chi connectivity index (χ4n) is 1.98. The number of nitrogens with zero attached hydrogens (tertiary/aromatic N) is 1. The Labute approximate surface area is 141 Å². The summed E-state index contributed by atoms with van der Waals surface area (Å²) >= 11 is 4.87. The standard InChI is InChI=1S/C16H14BrNO3S/c1-4-20-14-7-11(8-18)6-13(17)15(14)21-16(19)12-5-9(2)22-10(12)3/h5-7H,4H2,1-3H3. The summed E-state index contributed by atoms with van der Waals surface area (Å²) in [4.78, 5) is 14.3. The SMILES string of the molecule is CCOc1cc(C#N)cc(Br)c1OC(=O)c1cc(C)sc1C. The van der Waals surface area contributed by atoms with Crippen LogP contribution in [0.3, 0.4) is 0 Å². The molecular weight excluding hydrogens is 366 g/mol. The molecule has 0 bridgehead atoms. The van der Waals surface area contributed by atoms with Gasteiger partial charge < -0.3 is 9.47 Å². The average Bonchev–Trinajstić information content (AvgIpc) is 2.81. The van der Waals surface area contributed by atoms with Crippen LogP contribution < -0.4 is 9.47 Å². The maximum atomic E-state index is 12.4. The van der Waals surface area contributed by atoms with Crippen LogP contribution in [0.4, 0.5) is 0 Å². The first-order valence-electron chi connectivity index (χ1n) is 6.62. The zero-order valence-electron chi connectivity index (χ0n) is 12.4. The first kappa shape index (κ1) is 16.5. The number of ether oxygens (including phenoxy) is 2. The Hall–Kier alpha value is -1.84. The summed E-state index contributed by atoms with van der Waals surface area (Å²) in [7, 11) is 0. The number of carbonyl (C=O) groups excluding carboxylic acids is 1. The van der Waals surface area contributed by atoms with Gasteiger partial charge in [0.05, 0.1) is 28.3 Å². The van der Waals surface area contributed by atoms with Gasteiger partial charge in [0, 0.05) is 15.8 Å². The van der Waals surface area contributed by atoms with Crippen LogP contribution in [0.25, 0.3) is 0 Å². The number of benzene rings is 1. The van der Waals surface area contributed by atoms with E-state index in [4.69, 9.17) is 14.7 Å². The van der Waals surface area contributed by atoms with Crippen LogP contribution in [0.2, 0.25) is 0 Å². The van der Waals surface area contributed by atoms with Gasteiger partial charge in [-0.05, 0) is 48.8 Å². The second-order valence-electron chi connectivity index (χ2n) is 4.55. The first-order valence-corrected chi connectivity index (χ1v) is 8.22. The molecule has 22 heavy (non-hydrogen) atoms. The average molecular weight is 380 g/mol. The topological polar surface area (TPSA) is 59.3 Å². The predicted molar refractivity (Wildman–Crippen MR) is 88.8 cm³/mol. The maximum Gasteiger partial charge on any atom is 0.344 e. The highest BCUT2D eigenvalue weighted by atomic mass is 79.9. The van der Waals surface area contributed by atoms with Gasteiger partial charge in [0.25, 0.3) is 0 Å². The van der Waals surface area contributed by atoms with Crippen LogP contribution >= 0.6 is 27.3 Å². The Bertz CT molecular complexity index is 761. The number of carbonyl (C=O) groups is 1. The van der Waals surface area contributed by atoms with Gasteiger partial charge in [-0.3, -0.25) is 0 Å². The van der Waals surface area contributed by atoms with E-state index in [9.17, 15) is 4.79 Å². The summed E-state index contributed by atoms with van der Waals surface area (Å²) < 4.78 is 11.5. The van der Waals surface area contributed by atoms with Gasteiger partial charge in [-0.15, -0.1) is 11.3 Å². The van der Waals surface area contributed by atoms with Crippen LogP contribution in [0, 0.1) is 25.2 Å². The first-order chi connectivity index (χ1) is 10.5. The fraction of sp³-hybridized carbons (Fsp3) is 0.250. The molecule has 0 aliphatic heterocycles. The molecule has 0 radical (unpaired) electrons. The molecule has 0 N–H and O–H groups in total. The maximum absolute atomic E-state index is 12.4. The van der Waals surface area contributed by atoms with Crippen molar-refractivity contribution in [1.29, 1.82) is 5.26 Å². The molecule has 0 aliphatic rings. The molecule has 2 aromatic rings. The predicted octanol–water partition coefficient (Wildman–Crippen LogP) is 4.62. The smallest absolute Gasteiger partial charge is 0.344 e. The molecule has 0 fully saturated rings. The third-order valence-electron chi connectivity index (χ3n) is 2.89. The summed E-state index contributed by atoms with van der Waals surface area (Å²) in [6, 6.07) is 7.00. The normalized spacial score (nSPS) is 10.1. The largest absolute Gasteiger partial charge is 0.490 e. The molecule has 4 nitrogen and oxygen atoms in total. The molecular formula is C16H14BrNO3S. The van der Waals surface area contributed by atoms with Gasteiger partial charge >= 0.3 is 5.97 Å². The van der Waals surface area contributed by atoms with Gasteiger partial charge in [0.2, 0.25) is 0 Å². The van der Waals surface area contributed by atoms with Crippen molar-refractivity contribution in [3.05, 3.63) is 43.6 Å². The van der Waals surface area contributed by atoms with Crippen molar-refractivity contribution in [3.8, 4) is 17.6 Å². The van der Waals surface area contributed by atoms with E-state index in [-0.39, 0.29) is 5.75 Å². The highest BCUT2D eigenvalue weighted by molar-refractivity contribution is 9.10. The van der Waals surface area contributed by atoms with Crippen LogP contribution in [0.1, 0.15) is 32.6 Å². The summed E-state index contributed by atoms with van der Waals surface area (Å²) in [6.45, 7) is 6.05. The Morgan fingerprint density at radius 3 is 2.64 bits per heavy atom. The Morgan fingerprint density at radius 1 is 1.36 bits per heavy atom. The van der Waals surface area contributed by atoms with E-state index in [1.54, 1.807) is 29.5 Å². The van der Waals surface area contributed by atoms with E-state index in [1.807, 2.05) is 26.8 Å². The number of aryl methyl sites for hydroxylation is 2. The van der Waals surface area contributed by atoms with E-state index >= 15 is 0 Å². The molecule has 0 aliphatic carbocycles. The number of hydrogen-bond acceptors (Lipinski definition) is 5. The lowest BCUT2D eigenvalue weighted by Gasteiger charge is -2.12. The number of esters is 1. The third kappa shape index (κ3) is 3.49. The van der Waals surface area contributed by atoms with E-state index in [1.165, 1.54) is 0 Å². The van der Waals surface area contributed by atoms with Crippen molar-refractivity contribution in [2.75, 3.05) is 6.61 Å². The molecule has 0 atom stereocenters. The lowest BCUT2D eigenvalue weighted by Crippen LogP contribution is -2.10. The molecule has 2 rings (SSSR count). The van der Waals surface area contributed by atoms with Crippen molar-refractivity contribution < 1.29 is 14.3 Å². The van der Waals surface area contributed by atoms with E-state index in [2.05, 4.69) is 15.9 Å². The van der Waals surface area contributed by atoms with Crippen LogP contribution in [0.15, 0.2) is 22.7 Å². The molecule has 0 saturated carbocycles. The summed E-state index contributed by atoms with van der Waals surface area (Å²) in [5, 5.41) is 9.01. The van der Waals surface area contributed by atoms with E-state index in [0.29, 0.717) is 28.0 Å². The molecule has 0 amide bonds. The molecule has 1 aromatic heterocycles. The number of thiophene rings is 1. The lowest BCUT2D eigenvalue weighted by molar-refractivity contribution is 0.0727. The Morgan fingerprint density at radius 2 is 2.09 bits per heavy atom. The summed E-state index contributed by atoms with van der Waals surface area (Å²) in [5.74, 6) is 0.216. The minimum atomic E-state index is -0.437. The van der Waals surface area contributed by atoms with Gasteiger partial charge in [-0.25, -0.2) is 4.79 Å². The van der Waals surface area contributed by atoms with Crippen LogP contribution in [0.5, 0.6) is 11.5 Å². The lowest BCUT2D eigenvalue weighted by atomic mass is 10.2. The van der Waals surface area contributed by atoms with Gasteiger partial charge in [0.1, 0.15) is 0 Å². The highest BCUT2D eigenvalue weighted by Crippen LogP contribution is 2.37. The fourth-order valence-corrected chi connectivity index (χ4v) is 3.41. The summed E-state index contributed by atoms with van der Waals surface area (Å²) in [5.41, 5.74) is 0.971. The summed E-state index contributed by atoms with van der Waals surface area (Å²) in [6.07, 6.45) is 0. The Kier molecular flexibility index (Phi) is 5.22. The van der Waals surface area contributed by atoms with E-state index < -0.39 is 5.97 Å². The highest BCUT2D eigenvalue weighted by Gasteiger charge is 2.19. The van der Waals surface area contributed by atoms with Gasteiger partial charge in [-0.2, -0.15) is 5.26 Å². The zero-order valence-corrected chi connectivity index (χ0v) is 14.8. The number of nitriles is 1. The second-order valence-corrected chi connectivity index (χ2v) is 6.86. The molecule has 6 heteroatoms. The van der Waals surface area contributed by atoms with Gasteiger partial charge in [0.15, 0.2) is 11.5 Å². The zero-order chi connectivity index (χ0) is 16.3. The second kappa shape index (κ2) is 6.95. The minimum Gasteiger partial charge on any atom is -0.490 e. The van der Waals surface area contributed by atoms with Crippen molar-refractivity contribution in [2.24, 2.45) is 0 Å². The number of hydrogen-bond donors (Lipinski definition) is 0. The monoisotopic (exact) mass is 379 g/mol. The van der Waals surface area contributed by atoms with Gasteiger partial charge in [-0.1, -0.05) is 0 Å². The number of halogens is 1. The van der Waals surface area contributed by atoms with E-state index in [0.717, 1.165) is 9.75 Å². The van der Waals surface area contributed by atoms with Crippen LogP contribution in [-0.2, 0) is 0 Å². The number of rotatable bonds is 4. The molecule has 1 aromatic carbocycles. The quantitative estimate of drug-likeness (QED) is 0.574. The molecule has 114 valence electrons. The minimum absolute atomic E-state index is 0.286. The molecule has 0 unspecified atom stereocenters. The molecule has 0 spiro atoms. The Balaban J connectivity index is 2.38. The van der Waals surface area contributed by atoms with Crippen molar-refractivity contribution in [3.63, 3.8) is 0 Å². The van der Waals surface area contributed by atoms with Crippen molar-refractivity contribution in [2.45, 2.75) is 20.8 Å². The van der Waals surface area contributed by atoms with Crippen LogP contribution in [-0.4, -0.2) is 12.6 Å². The van der Waals surface area contributed by atoms with Crippen molar-refractivity contribution >= 4 is 33.2 Å². The third-order valence-corrected chi connectivity index (χ3v) is 4.45. The van der Waals surface area contributed by atoms with Crippen molar-refractivity contribution in [1.82, 2.24) is 0 Å². The molecule has 1 heterocycles. The molecule has 0 saturated heterocycles.